The third-order valence-electron chi connectivity index (χ3n) is 3.77. The molecule has 0 bridgehead atoms. The van der Waals surface area contributed by atoms with Crippen molar-refractivity contribution < 1.29 is 8.42 Å². The van der Waals surface area contributed by atoms with E-state index in [0.717, 1.165) is 19.3 Å². The smallest absolute Gasteiger partial charge is 0.260 e. The van der Waals surface area contributed by atoms with Gasteiger partial charge in [-0.05, 0) is 18.8 Å². The predicted molar refractivity (Wildman–Crippen MR) is 72.9 cm³/mol. The van der Waals surface area contributed by atoms with Crippen LogP contribution < -0.4 is 5.73 Å². The van der Waals surface area contributed by atoms with Crippen molar-refractivity contribution in [3.63, 3.8) is 0 Å². The van der Waals surface area contributed by atoms with Crippen LogP contribution in [0.25, 0.3) is 0 Å². The predicted octanol–water partition coefficient (Wildman–Crippen LogP) is 1.07. The molecule has 0 saturated carbocycles. The maximum absolute atomic E-state index is 12.5. The zero-order valence-corrected chi connectivity index (χ0v) is 12.1. The molecule has 0 spiro atoms. The van der Waals surface area contributed by atoms with Crippen molar-refractivity contribution in [1.29, 1.82) is 0 Å². The first-order valence-electron chi connectivity index (χ1n) is 6.82. The maximum atomic E-state index is 12.5. The highest BCUT2D eigenvalue weighted by atomic mass is 32.2. The minimum absolute atomic E-state index is 0.156. The first kappa shape index (κ1) is 14.5. The van der Waals surface area contributed by atoms with Gasteiger partial charge in [0.15, 0.2) is 5.03 Å². The molecule has 0 radical (unpaired) electrons. The molecule has 19 heavy (non-hydrogen) atoms. The van der Waals surface area contributed by atoms with Gasteiger partial charge in [-0.25, -0.2) is 8.42 Å². The summed E-state index contributed by atoms with van der Waals surface area (Å²) in [7, 11) is -3.46. The fourth-order valence-electron chi connectivity index (χ4n) is 2.64. The van der Waals surface area contributed by atoms with Gasteiger partial charge in [-0.15, -0.1) is 0 Å². The van der Waals surface area contributed by atoms with Crippen LogP contribution in [-0.2, 0) is 16.6 Å². The van der Waals surface area contributed by atoms with Crippen molar-refractivity contribution in [2.75, 3.05) is 13.1 Å². The van der Waals surface area contributed by atoms with E-state index in [2.05, 4.69) is 17.1 Å². The second-order valence-corrected chi connectivity index (χ2v) is 6.94. The molecule has 2 heterocycles. The number of aromatic nitrogens is 2. The molecular formula is C12H22N4O2S. The lowest BCUT2D eigenvalue weighted by atomic mass is 9.94. The summed E-state index contributed by atoms with van der Waals surface area (Å²) in [5.74, 6) is 0.659. The van der Waals surface area contributed by atoms with Gasteiger partial charge in [0.25, 0.3) is 10.0 Å². The highest BCUT2D eigenvalue weighted by Gasteiger charge is 2.31. The van der Waals surface area contributed by atoms with Crippen molar-refractivity contribution >= 4 is 10.0 Å². The molecule has 1 aliphatic rings. The van der Waals surface area contributed by atoms with E-state index in [-0.39, 0.29) is 11.6 Å². The summed E-state index contributed by atoms with van der Waals surface area (Å²) in [6.45, 7) is 3.53. The largest absolute Gasteiger partial charge is 0.326 e. The molecule has 1 fully saturated rings. The van der Waals surface area contributed by atoms with Crippen molar-refractivity contribution in [3.8, 4) is 0 Å². The number of piperidine rings is 1. The van der Waals surface area contributed by atoms with Gasteiger partial charge in [-0.2, -0.15) is 9.40 Å². The van der Waals surface area contributed by atoms with Crippen LogP contribution in [0.15, 0.2) is 11.2 Å². The van der Waals surface area contributed by atoms with Crippen LogP contribution in [0.2, 0.25) is 0 Å². The zero-order chi connectivity index (χ0) is 13.9. The normalized spacial score (nSPS) is 18.8. The van der Waals surface area contributed by atoms with E-state index in [4.69, 9.17) is 5.73 Å². The van der Waals surface area contributed by atoms with Gasteiger partial charge in [0.2, 0.25) is 0 Å². The van der Waals surface area contributed by atoms with Gasteiger partial charge in [-0.1, -0.05) is 19.8 Å². The molecule has 0 aromatic carbocycles. The van der Waals surface area contributed by atoms with Crippen LogP contribution >= 0.6 is 0 Å². The fraction of sp³-hybridized carbons (Fsp3) is 0.750. The average molecular weight is 286 g/mol. The molecule has 1 aromatic heterocycles. The van der Waals surface area contributed by atoms with Gasteiger partial charge in [0.1, 0.15) is 0 Å². The van der Waals surface area contributed by atoms with Gasteiger partial charge in [0, 0.05) is 25.2 Å². The molecule has 0 amide bonds. The molecule has 0 unspecified atom stereocenters. The van der Waals surface area contributed by atoms with Crippen molar-refractivity contribution in [3.05, 3.63) is 11.8 Å². The standard InChI is InChI=1S/C12H22N4O2S/c1-2-3-10-4-6-16(7-5-10)19(17,18)12-11(8-13)9-14-15-12/h9-10H,2-8,13H2,1H3,(H,14,15). The Morgan fingerprint density at radius 2 is 2.16 bits per heavy atom. The third-order valence-corrected chi connectivity index (χ3v) is 5.68. The number of H-pyrrole nitrogens is 1. The number of rotatable bonds is 5. The van der Waals surface area contributed by atoms with Gasteiger partial charge in [0.05, 0.1) is 6.20 Å². The molecular weight excluding hydrogens is 264 g/mol. The maximum Gasteiger partial charge on any atom is 0.260 e. The number of hydrogen-bond acceptors (Lipinski definition) is 4. The number of nitrogens with zero attached hydrogens (tertiary/aromatic N) is 2. The average Bonchev–Trinajstić information content (AvgIpc) is 2.89. The molecule has 2 rings (SSSR count). The van der Waals surface area contributed by atoms with Crippen LogP contribution in [0, 0.1) is 5.92 Å². The number of nitrogens with two attached hydrogens (primary N) is 1. The van der Waals surface area contributed by atoms with E-state index >= 15 is 0 Å². The molecule has 1 aliphatic heterocycles. The fourth-order valence-corrected chi connectivity index (χ4v) is 4.23. The second-order valence-electron chi connectivity index (χ2n) is 5.06. The number of sulfonamides is 1. The van der Waals surface area contributed by atoms with Crippen molar-refractivity contribution in [1.82, 2.24) is 14.5 Å². The summed E-state index contributed by atoms with van der Waals surface area (Å²) < 4.78 is 26.5. The number of hydrogen-bond donors (Lipinski definition) is 2. The Morgan fingerprint density at radius 3 is 2.74 bits per heavy atom. The Morgan fingerprint density at radius 1 is 1.47 bits per heavy atom. The lowest BCUT2D eigenvalue weighted by molar-refractivity contribution is 0.262. The molecule has 0 atom stereocenters. The van der Waals surface area contributed by atoms with Gasteiger partial charge < -0.3 is 5.73 Å². The second kappa shape index (κ2) is 6.02. The van der Waals surface area contributed by atoms with E-state index in [0.29, 0.717) is 24.6 Å². The zero-order valence-electron chi connectivity index (χ0n) is 11.3. The lowest BCUT2D eigenvalue weighted by Gasteiger charge is -2.30. The van der Waals surface area contributed by atoms with Crippen LogP contribution in [0.5, 0.6) is 0 Å². The van der Waals surface area contributed by atoms with E-state index in [1.54, 1.807) is 4.31 Å². The highest BCUT2D eigenvalue weighted by molar-refractivity contribution is 7.89. The topological polar surface area (TPSA) is 92.1 Å². The van der Waals surface area contributed by atoms with Crippen molar-refractivity contribution in [2.45, 2.75) is 44.2 Å². The van der Waals surface area contributed by atoms with Crippen LogP contribution in [-0.4, -0.2) is 36.0 Å². The SMILES string of the molecule is CCCC1CCN(S(=O)(=O)c2[nH]ncc2CN)CC1. The van der Waals surface area contributed by atoms with Crippen LogP contribution in [0.4, 0.5) is 0 Å². The number of aromatic amines is 1. The Hall–Kier alpha value is -0.920. The minimum atomic E-state index is -3.46. The lowest BCUT2D eigenvalue weighted by Crippen LogP contribution is -2.39. The monoisotopic (exact) mass is 286 g/mol. The molecule has 3 N–H and O–H groups in total. The highest BCUT2D eigenvalue weighted by Crippen LogP contribution is 2.26. The van der Waals surface area contributed by atoms with E-state index in [1.807, 2.05) is 0 Å². The van der Waals surface area contributed by atoms with Crippen molar-refractivity contribution in [2.24, 2.45) is 11.7 Å². The summed E-state index contributed by atoms with van der Waals surface area (Å²) >= 11 is 0. The van der Waals surface area contributed by atoms with Gasteiger partial charge >= 0.3 is 0 Å². The summed E-state index contributed by atoms with van der Waals surface area (Å²) in [6, 6.07) is 0. The Bertz CT molecular complexity index is 504. The molecule has 0 aliphatic carbocycles. The minimum Gasteiger partial charge on any atom is -0.326 e. The molecule has 7 heteroatoms. The van der Waals surface area contributed by atoms with E-state index in [1.165, 1.54) is 12.6 Å². The van der Waals surface area contributed by atoms with E-state index in [9.17, 15) is 8.42 Å². The quantitative estimate of drug-likeness (QED) is 0.847. The van der Waals surface area contributed by atoms with Crippen LogP contribution in [0.1, 0.15) is 38.2 Å². The summed E-state index contributed by atoms with van der Waals surface area (Å²) in [5, 5.41) is 6.52. The van der Waals surface area contributed by atoms with Gasteiger partial charge in [-0.3, -0.25) is 5.10 Å². The molecule has 1 aromatic rings. The molecule has 6 nitrogen and oxygen atoms in total. The Balaban J connectivity index is 2.10. The Kier molecular flexibility index (Phi) is 4.59. The third kappa shape index (κ3) is 2.98. The summed E-state index contributed by atoms with van der Waals surface area (Å²) in [6.07, 6.45) is 5.72. The first-order valence-corrected chi connectivity index (χ1v) is 8.26. The van der Waals surface area contributed by atoms with E-state index < -0.39 is 10.0 Å². The molecule has 108 valence electrons. The number of nitrogens with one attached hydrogen (secondary N) is 1. The summed E-state index contributed by atoms with van der Waals surface area (Å²) in [5.41, 5.74) is 6.09. The Labute approximate surface area is 114 Å². The van der Waals surface area contributed by atoms with Crippen LogP contribution in [0.3, 0.4) is 0 Å². The molecule has 1 saturated heterocycles. The summed E-state index contributed by atoms with van der Waals surface area (Å²) in [4.78, 5) is 0. The first-order chi connectivity index (χ1) is 9.09.